The second-order valence-electron chi connectivity index (χ2n) is 8.22. The van der Waals surface area contributed by atoms with Gasteiger partial charge in [-0.25, -0.2) is 0 Å². The second kappa shape index (κ2) is 13.9. The van der Waals surface area contributed by atoms with Gasteiger partial charge in [-0.3, -0.25) is 0 Å². The molecule has 0 saturated carbocycles. The van der Waals surface area contributed by atoms with Gasteiger partial charge in [-0.15, -0.1) is 0 Å². The van der Waals surface area contributed by atoms with Crippen LogP contribution in [0.5, 0.6) is 0 Å². The topological polar surface area (TPSA) is 0 Å². The molecule has 1 unspecified atom stereocenters. The van der Waals surface area contributed by atoms with Crippen LogP contribution in [0.15, 0.2) is 40.5 Å². The Morgan fingerprint density at radius 3 is 1.65 bits per heavy atom. The van der Waals surface area contributed by atoms with E-state index in [2.05, 4.69) is 58.0 Å². The Morgan fingerprint density at radius 1 is 0.769 bits per heavy atom. The Balaban J connectivity index is 3.19. The van der Waals surface area contributed by atoms with Crippen molar-refractivity contribution in [2.45, 2.75) is 105 Å². The van der Waals surface area contributed by atoms with Crippen molar-refractivity contribution in [3.63, 3.8) is 0 Å². The quantitative estimate of drug-likeness (QED) is 0.228. The summed E-state index contributed by atoms with van der Waals surface area (Å²) in [5.74, 6) is 0.623. The summed E-state index contributed by atoms with van der Waals surface area (Å²) < 4.78 is 6.38. The van der Waals surface area contributed by atoms with Crippen molar-refractivity contribution in [2.75, 3.05) is 0 Å². The van der Waals surface area contributed by atoms with Gasteiger partial charge in [0.2, 0.25) is 0 Å². The summed E-state index contributed by atoms with van der Waals surface area (Å²) in [5, 5.41) is 0. The van der Waals surface area contributed by atoms with Gasteiger partial charge in [0.05, 0.1) is 0 Å². The Labute approximate surface area is 168 Å². The van der Waals surface area contributed by atoms with E-state index in [0.29, 0.717) is 5.92 Å². The number of hydrogen-bond donors (Lipinski definition) is 0. The molecule has 0 saturated heterocycles. The molecular weight excluding hydrogens is 419 g/mol. The zero-order valence-corrected chi connectivity index (χ0v) is 21.0. The Morgan fingerprint density at radius 2 is 1.23 bits per heavy atom. The molecule has 0 aliphatic carbocycles. The summed E-state index contributed by atoms with van der Waals surface area (Å²) in [7, 11) is 0. The van der Waals surface area contributed by atoms with Crippen LogP contribution in [0.25, 0.3) is 0 Å². The summed E-state index contributed by atoms with van der Waals surface area (Å²) >= 11 is -2.37. The van der Waals surface area contributed by atoms with Crippen molar-refractivity contribution >= 4 is 18.4 Å². The summed E-state index contributed by atoms with van der Waals surface area (Å²) in [6.07, 6.45) is 12.2. The number of benzene rings is 1. The standard InChI is InChI=1S/C13H17.3C4H9.Sn/c1-3-5-9-12(4-2)13-10-7-6-8-11-13;3*1-3-4-2;/h6-8,10-12H,2-3,5,9H2,1H3;3*1,3-4H2,2H3;. The number of rotatable bonds is 15. The average molecular weight is 463 g/mol. The Kier molecular flexibility index (Phi) is 12.7. The fraction of sp³-hybridized carbons (Fsp3) is 0.680. The van der Waals surface area contributed by atoms with Crippen LogP contribution in [-0.2, 0) is 0 Å². The minimum atomic E-state index is -2.37. The van der Waals surface area contributed by atoms with Gasteiger partial charge in [-0.1, -0.05) is 0 Å². The van der Waals surface area contributed by atoms with Gasteiger partial charge < -0.3 is 0 Å². The average Bonchev–Trinajstić information content (AvgIpc) is 2.68. The van der Waals surface area contributed by atoms with Crippen LogP contribution in [0.4, 0.5) is 0 Å². The summed E-state index contributed by atoms with van der Waals surface area (Å²) in [5.41, 5.74) is 1.54. The van der Waals surface area contributed by atoms with Gasteiger partial charge in [0.1, 0.15) is 0 Å². The molecule has 1 atom stereocenters. The van der Waals surface area contributed by atoms with Crippen LogP contribution in [0.1, 0.15) is 97.0 Å². The fourth-order valence-corrected chi connectivity index (χ4v) is 21.1. The zero-order chi connectivity index (χ0) is 19.3. The van der Waals surface area contributed by atoms with Crippen molar-refractivity contribution in [3.8, 4) is 0 Å². The summed E-state index contributed by atoms with van der Waals surface area (Å²) in [4.78, 5) is 0. The first kappa shape index (κ1) is 23.8. The fourth-order valence-electron chi connectivity index (χ4n) is 4.41. The molecule has 1 heteroatoms. The Hall–Kier alpha value is -0.241. The van der Waals surface area contributed by atoms with Crippen molar-refractivity contribution < 1.29 is 0 Å². The van der Waals surface area contributed by atoms with Crippen LogP contribution in [-0.4, -0.2) is 18.4 Å². The third-order valence-electron chi connectivity index (χ3n) is 6.18. The van der Waals surface area contributed by atoms with E-state index in [9.17, 15) is 0 Å². The van der Waals surface area contributed by atoms with E-state index >= 15 is 0 Å². The first-order chi connectivity index (χ1) is 12.6. The third-order valence-corrected chi connectivity index (χ3v) is 22.3. The van der Waals surface area contributed by atoms with E-state index < -0.39 is 18.4 Å². The second-order valence-corrected chi connectivity index (χ2v) is 21.6. The molecule has 1 aromatic rings. The van der Waals surface area contributed by atoms with E-state index in [-0.39, 0.29) is 0 Å². The molecule has 0 aliphatic heterocycles. The molecule has 0 bridgehead atoms. The molecule has 0 amide bonds. The molecule has 0 nitrogen and oxygen atoms in total. The predicted octanol–water partition coefficient (Wildman–Crippen LogP) is 8.90. The SMILES string of the molecule is C=[C](C(CCCC)c1ccccc1)[Sn]([CH2]CCC)([CH2]CCC)[CH2]CCC. The Bertz CT molecular complexity index is 454. The molecule has 0 spiro atoms. The van der Waals surface area contributed by atoms with Crippen LogP contribution in [0.3, 0.4) is 0 Å². The molecule has 148 valence electrons. The van der Waals surface area contributed by atoms with E-state index in [1.54, 1.807) is 16.9 Å². The predicted molar refractivity (Wildman–Crippen MR) is 123 cm³/mol. The molecule has 1 aromatic carbocycles. The maximum absolute atomic E-state index is 4.91. The third kappa shape index (κ3) is 7.41. The van der Waals surface area contributed by atoms with E-state index in [0.717, 1.165) is 0 Å². The van der Waals surface area contributed by atoms with Gasteiger partial charge in [-0.2, -0.15) is 0 Å². The van der Waals surface area contributed by atoms with Gasteiger partial charge in [0, 0.05) is 0 Å². The monoisotopic (exact) mass is 464 g/mol. The van der Waals surface area contributed by atoms with E-state index in [1.807, 2.05) is 0 Å². The van der Waals surface area contributed by atoms with Crippen molar-refractivity contribution in [1.29, 1.82) is 0 Å². The number of hydrogen-bond acceptors (Lipinski definition) is 0. The number of unbranched alkanes of at least 4 members (excludes halogenated alkanes) is 4. The zero-order valence-electron chi connectivity index (χ0n) is 18.2. The van der Waals surface area contributed by atoms with Gasteiger partial charge in [-0.05, 0) is 0 Å². The molecule has 1 rings (SSSR count). The van der Waals surface area contributed by atoms with E-state index in [4.69, 9.17) is 6.58 Å². The molecule has 0 fully saturated rings. The normalized spacial score (nSPS) is 12.9. The first-order valence-electron chi connectivity index (χ1n) is 11.4. The summed E-state index contributed by atoms with van der Waals surface area (Å²) in [6.45, 7) is 14.3. The molecular formula is C25H44Sn. The van der Waals surface area contributed by atoms with Gasteiger partial charge in [0.25, 0.3) is 0 Å². The van der Waals surface area contributed by atoms with Gasteiger partial charge >= 0.3 is 169 Å². The van der Waals surface area contributed by atoms with Crippen LogP contribution in [0.2, 0.25) is 13.3 Å². The molecule has 0 aliphatic rings. The molecule has 0 heterocycles. The van der Waals surface area contributed by atoms with Crippen molar-refractivity contribution in [2.24, 2.45) is 0 Å². The molecule has 26 heavy (non-hydrogen) atoms. The molecule has 0 radical (unpaired) electrons. The van der Waals surface area contributed by atoms with Crippen LogP contribution >= 0.6 is 0 Å². The number of allylic oxidation sites excluding steroid dienone is 1. The van der Waals surface area contributed by atoms with Gasteiger partial charge in [0.15, 0.2) is 0 Å². The van der Waals surface area contributed by atoms with E-state index in [1.165, 1.54) is 63.4 Å². The first-order valence-corrected chi connectivity index (χ1v) is 18.9. The van der Waals surface area contributed by atoms with Crippen LogP contribution < -0.4 is 0 Å². The van der Waals surface area contributed by atoms with Crippen molar-refractivity contribution in [3.05, 3.63) is 46.1 Å². The molecule has 0 N–H and O–H groups in total. The summed E-state index contributed by atoms with van der Waals surface area (Å²) in [6, 6.07) is 11.3. The molecule has 0 aromatic heterocycles. The van der Waals surface area contributed by atoms with Crippen molar-refractivity contribution in [1.82, 2.24) is 0 Å². The minimum absolute atomic E-state index is 0.623. The van der Waals surface area contributed by atoms with Crippen LogP contribution in [0, 0.1) is 0 Å². The maximum atomic E-state index is 4.91.